The van der Waals surface area contributed by atoms with E-state index in [1.165, 1.54) is 32.1 Å². The fraction of sp³-hybridized carbons (Fsp3) is 0.909. The maximum atomic E-state index is 9.11. The molecule has 2 aliphatic rings. The molecule has 1 saturated carbocycles. The molecule has 0 radical (unpaired) electrons. The van der Waals surface area contributed by atoms with E-state index < -0.39 is 0 Å². The first-order valence-electron chi connectivity index (χ1n) is 5.39. The van der Waals surface area contributed by atoms with Crippen LogP contribution in [-0.4, -0.2) is 13.2 Å². The zero-order valence-corrected chi connectivity index (χ0v) is 8.04. The number of nitriles is 1. The first kappa shape index (κ1) is 9.02. The monoisotopic (exact) mass is 179 g/mol. The normalized spacial score (nSPS) is 27.6. The molecule has 0 spiro atoms. The van der Waals surface area contributed by atoms with Gasteiger partial charge in [0.15, 0.2) is 0 Å². The summed E-state index contributed by atoms with van der Waals surface area (Å²) < 4.78 is 5.16. The Kier molecular flexibility index (Phi) is 2.85. The van der Waals surface area contributed by atoms with Gasteiger partial charge < -0.3 is 4.74 Å². The molecule has 1 saturated heterocycles. The maximum absolute atomic E-state index is 9.11. The van der Waals surface area contributed by atoms with E-state index in [1.807, 2.05) is 0 Å². The quantitative estimate of drug-likeness (QED) is 0.652. The molecule has 2 nitrogen and oxygen atoms in total. The van der Waals surface area contributed by atoms with Crippen molar-refractivity contribution < 1.29 is 4.74 Å². The second kappa shape index (κ2) is 4.11. The highest BCUT2D eigenvalue weighted by Crippen LogP contribution is 2.36. The number of hydrogen-bond acceptors (Lipinski definition) is 2. The molecule has 13 heavy (non-hydrogen) atoms. The van der Waals surface area contributed by atoms with Crippen LogP contribution >= 0.6 is 0 Å². The average Bonchev–Trinajstić information content (AvgIpc) is 2.12. The number of rotatable bonds is 2. The summed E-state index contributed by atoms with van der Waals surface area (Å²) in [5, 5.41) is 9.11. The lowest BCUT2D eigenvalue weighted by Crippen LogP contribution is -2.37. The highest BCUT2D eigenvalue weighted by atomic mass is 16.5. The second-order valence-corrected chi connectivity index (χ2v) is 4.35. The molecule has 0 N–H and O–H groups in total. The lowest BCUT2D eigenvalue weighted by atomic mass is 9.74. The fourth-order valence-electron chi connectivity index (χ4n) is 2.55. The summed E-state index contributed by atoms with van der Waals surface area (Å²) in [5.74, 6) is 1.51. The van der Waals surface area contributed by atoms with Gasteiger partial charge in [-0.3, -0.25) is 0 Å². The van der Waals surface area contributed by atoms with Crippen molar-refractivity contribution in [2.45, 2.75) is 32.1 Å². The molecule has 2 heteroatoms. The summed E-state index contributed by atoms with van der Waals surface area (Å²) in [6.45, 7) is 1.66. The maximum Gasteiger partial charge on any atom is 0.0663 e. The lowest BCUT2D eigenvalue weighted by Gasteiger charge is -2.36. The van der Waals surface area contributed by atoms with E-state index in [2.05, 4.69) is 6.07 Å². The van der Waals surface area contributed by atoms with Gasteiger partial charge >= 0.3 is 0 Å². The Hall–Kier alpha value is -0.550. The summed E-state index contributed by atoms with van der Waals surface area (Å²) in [7, 11) is 0. The van der Waals surface area contributed by atoms with E-state index >= 15 is 0 Å². The van der Waals surface area contributed by atoms with Crippen molar-refractivity contribution in [2.24, 2.45) is 17.8 Å². The van der Waals surface area contributed by atoms with Gasteiger partial charge in [-0.15, -0.1) is 0 Å². The summed E-state index contributed by atoms with van der Waals surface area (Å²) in [6.07, 6.45) is 6.58. The van der Waals surface area contributed by atoms with Crippen molar-refractivity contribution in [3.8, 4) is 6.07 Å². The lowest BCUT2D eigenvalue weighted by molar-refractivity contribution is -0.0630. The first-order chi connectivity index (χ1) is 6.42. The third-order valence-electron chi connectivity index (χ3n) is 3.48. The molecule has 0 aromatic rings. The molecular weight excluding hydrogens is 162 g/mol. The molecule has 1 heterocycles. The van der Waals surface area contributed by atoms with Crippen LogP contribution in [0.1, 0.15) is 32.1 Å². The molecule has 1 aliphatic heterocycles. The van der Waals surface area contributed by atoms with Gasteiger partial charge in [-0.25, -0.2) is 0 Å². The van der Waals surface area contributed by atoms with Gasteiger partial charge in [0.05, 0.1) is 25.2 Å². The Morgan fingerprint density at radius 2 is 1.77 bits per heavy atom. The van der Waals surface area contributed by atoms with Crippen LogP contribution in [0, 0.1) is 29.1 Å². The van der Waals surface area contributed by atoms with Gasteiger partial charge in [-0.05, 0) is 18.8 Å². The van der Waals surface area contributed by atoms with Crippen molar-refractivity contribution in [3.63, 3.8) is 0 Å². The van der Waals surface area contributed by atoms with Crippen molar-refractivity contribution in [3.05, 3.63) is 0 Å². The van der Waals surface area contributed by atoms with Crippen molar-refractivity contribution in [1.82, 2.24) is 0 Å². The third kappa shape index (κ3) is 1.86. The fourth-order valence-corrected chi connectivity index (χ4v) is 2.55. The first-order valence-corrected chi connectivity index (χ1v) is 5.39. The zero-order valence-electron chi connectivity index (χ0n) is 8.04. The van der Waals surface area contributed by atoms with Crippen molar-refractivity contribution in [1.29, 1.82) is 5.26 Å². The Labute approximate surface area is 79.9 Å². The smallest absolute Gasteiger partial charge is 0.0663 e. The van der Waals surface area contributed by atoms with E-state index in [0.717, 1.165) is 13.2 Å². The highest BCUT2D eigenvalue weighted by molar-refractivity contribution is 4.95. The second-order valence-electron chi connectivity index (χ2n) is 4.35. The summed E-state index contributed by atoms with van der Waals surface area (Å²) in [6, 6.07) is 2.49. The van der Waals surface area contributed by atoms with E-state index in [9.17, 15) is 0 Å². The van der Waals surface area contributed by atoms with Gasteiger partial charge in [-0.1, -0.05) is 19.3 Å². The van der Waals surface area contributed by atoms with Crippen molar-refractivity contribution in [2.75, 3.05) is 13.2 Å². The predicted molar refractivity (Wildman–Crippen MR) is 50.0 cm³/mol. The summed E-state index contributed by atoms with van der Waals surface area (Å²) in [5.41, 5.74) is 0. The Morgan fingerprint density at radius 1 is 1.08 bits per heavy atom. The van der Waals surface area contributed by atoms with Gasteiger partial charge in [0.25, 0.3) is 0 Å². The Bertz CT molecular complexity index is 199. The van der Waals surface area contributed by atoms with E-state index in [4.69, 9.17) is 10.00 Å². The topological polar surface area (TPSA) is 33.0 Å². The van der Waals surface area contributed by atoms with E-state index in [0.29, 0.717) is 11.8 Å². The molecule has 0 amide bonds. The number of ether oxygens (including phenoxy) is 1. The van der Waals surface area contributed by atoms with Crippen LogP contribution in [0.3, 0.4) is 0 Å². The SMILES string of the molecule is N#CC(C1CCCCC1)C1COC1. The molecule has 0 aromatic heterocycles. The van der Waals surface area contributed by atoms with Crippen LogP contribution in [0.15, 0.2) is 0 Å². The van der Waals surface area contributed by atoms with Crippen LogP contribution < -0.4 is 0 Å². The molecule has 1 aliphatic carbocycles. The molecule has 1 atom stereocenters. The summed E-state index contributed by atoms with van der Waals surface area (Å²) >= 11 is 0. The summed E-state index contributed by atoms with van der Waals surface area (Å²) in [4.78, 5) is 0. The molecule has 0 aromatic carbocycles. The molecule has 72 valence electrons. The predicted octanol–water partition coefficient (Wildman–Crippen LogP) is 2.35. The van der Waals surface area contributed by atoms with Gasteiger partial charge in [-0.2, -0.15) is 5.26 Å². The molecular formula is C11H17NO. The van der Waals surface area contributed by atoms with E-state index in [1.54, 1.807) is 0 Å². The Morgan fingerprint density at radius 3 is 2.23 bits per heavy atom. The molecule has 2 fully saturated rings. The van der Waals surface area contributed by atoms with Crippen LogP contribution in [0.25, 0.3) is 0 Å². The molecule has 1 unspecified atom stereocenters. The van der Waals surface area contributed by atoms with Gasteiger partial charge in [0, 0.05) is 5.92 Å². The number of nitrogens with zero attached hydrogens (tertiary/aromatic N) is 1. The van der Waals surface area contributed by atoms with Crippen LogP contribution in [-0.2, 0) is 4.74 Å². The van der Waals surface area contributed by atoms with E-state index in [-0.39, 0.29) is 5.92 Å². The van der Waals surface area contributed by atoms with Crippen molar-refractivity contribution >= 4 is 0 Å². The Balaban J connectivity index is 1.90. The minimum atomic E-state index is 0.286. The largest absolute Gasteiger partial charge is 0.381 e. The number of hydrogen-bond donors (Lipinski definition) is 0. The standard InChI is InChI=1S/C11H17NO/c12-6-11(10-7-13-8-10)9-4-2-1-3-5-9/h9-11H,1-5,7-8H2. The van der Waals surface area contributed by atoms with Gasteiger partial charge in [0.1, 0.15) is 0 Å². The molecule has 0 bridgehead atoms. The third-order valence-corrected chi connectivity index (χ3v) is 3.48. The minimum absolute atomic E-state index is 0.286. The zero-order chi connectivity index (χ0) is 9.10. The minimum Gasteiger partial charge on any atom is -0.381 e. The van der Waals surface area contributed by atoms with Crippen LogP contribution in [0.4, 0.5) is 0 Å². The van der Waals surface area contributed by atoms with Gasteiger partial charge in [0.2, 0.25) is 0 Å². The van der Waals surface area contributed by atoms with Crippen LogP contribution in [0.2, 0.25) is 0 Å². The average molecular weight is 179 g/mol. The highest BCUT2D eigenvalue weighted by Gasteiger charge is 2.34. The molecule has 2 rings (SSSR count). The van der Waals surface area contributed by atoms with Crippen LogP contribution in [0.5, 0.6) is 0 Å².